The molecule has 2 N–H and O–H groups in total. The Morgan fingerprint density at radius 1 is 0.862 bits per heavy atom. The molecule has 2 aromatic carbocycles. The average molecular weight is 396 g/mol. The van der Waals surface area contributed by atoms with Gasteiger partial charge in [0.2, 0.25) is 5.91 Å². The number of amides is 2. The highest BCUT2D eigenvalue weighted by molar-refractivity contribution is 6.00. The predicted octanol–water partition coefficient (Wildman–Crippen LogP) is 2.83. The van der Waals surface area contributed by atoms with Crippen molar-refractivity contribution in [1.82, 2.24) is 5.32 Å². The molecule has 2 amide bonds. The van der Waals surface area contributed by atoms with Gasteiger partial charge in [-0.1, -0.05) is 32.0 Å². The van der Waals surface area contributed by atoms with E-state index in [0.717, 1.165) is 0 Å². The van der Waals surface area contributed by atoms with E-state index < -0.39 is 24.5 Å². The van der Waals surface area contributed by atoms with Gasteiger partial charge in [-0.25, -0.2) is 4.79 Å². The van der Waals surface area contributed by atoms with Crippen molar-refractivity contribution in [2.24, 2.45) is 5.92 Å². The van der Waals surface area contributed by atoms with Gasteiger partial charge in [0.1, 0.15) is 6.04 Å². The minimum atomic E-state index is -0.899. The highest BCUT2D eigenvalue weighted by Gasteiger charge is 2.19. The zero-order valence-electron chi connectivity index (χ0n) is 16.6. The number of carbonyl (C=O) groups excluding carboxylic acids is 4. The number of anilines is 1. The van der Waals surface area contributed by atoms with E-state index in [9.17, 15) is 19.2 Å². The minimum Gasteiger partial charge on any atom is -0.456 e. The highest BCUT2D eigenvalue weighted by atomic mass is 16.5. The van der Waals surface area contributed by atoms with Gasteiger partial charge < -0.3 is 15.4 Å². The van der Waals surface area contributed by atoms with Gasteiger partial charge in [0.05, 0.1) is 0 Å². The maximum Gasteiger partial charge on any atom is 0.328 e. The van der Waals surface area contributed by atoms with Crippen LogP contribution in [0, 0.1) is 5.92 Å². The highest BCUT2D eigenvalue weighted by Crippen LogP contribution is 2.12. The molecule has 0 spiro atoms. The van der Waals surface area contributed by atoms with Crippen molar-refractivity contribution in [3.05, 3.63) is 65.7 Å². The molecule has 0 bridgehead atoms. The summed E-state index contributed by atoms with van der Waals surface area (Å²) in [6, 6.07) is 13.9. The molecule has 0 saturated heterocycles. The summed E-state index contributed by atoms with van der Waals surface area (Å²) in [5.41, 5.74) is 1.35. The van der Waals surface area contributed by atoms with Gasteiger partial charge in [-0.3, -0.25) is 14.4 Å². The van der Waals surface area contributed by atoms with E-state index in [1.165, 1.54) is 6.92 Å². The Hall–Kier alpha value is -3.48. The molecule has 7 nitrogen and oxygen atoms in total. The minimum absolute atomic E-state index is 0.121. The summed E-state index contributed by atoms with van der Waals surface area (Å²) in [5.74, 6) is -1.77. The summed E-state index contributed by atoms with van der Waals surface area (Å²) in [6.07, 6.45) is 0. The second-order valence-electron chi connectivity index (χ2n) is 6.81. The number of rotatable bonds is 8. The standard InChI is InChI=1S/C22H24N2O5/c1-14(2)20(26)24-18-11-9-16(10-12-18)19(25)13-29-22(28)15(3)23-21(27)17-7-5-4-6-8-17/h4-12,14-15H,13H2,1-3H3,(H,23,27)(H,24,26)/t15-/m0/s1. The lowest BCUT2D eigenvalue weighted by molar-refractivity contribution is -0.144. The first-order chi connectivity index (χ1) is 13.8. The molecule has 2 rings (SSSR count). The van der Waals surface area contributed by atoms with Crippen LogP contribution >= 0.6 is 0 Å². The third kappa shape index (κ3) is 6.57. The molecule has 0 heterocycles. The lowest BCUT2D eigenvalue weighted by Crippen LogP contribution is -2.40. The Labute approximate surface area is 169 Å². The van der Waals surface area contributed by atoms with Gasteiger partial charge in [0.25, 0.3) is 5.91 Å². The first-order valence-electron chi connectivity index (χ1n) is 9.24. The van der Waals surface area contributed by atoms with Crippen molar-refractivity contribution < 1.29 is 23.9 Å². The largest absolute Gasteiger partial charge is 0.456 e. The van der Waals surface area contributed by atoms with Gasteiger partial charge in [-0.05, 0) is 43.3 Å². The first kappa shape index (κ1) is 21.8. The molecule has 0 saturated carbocycles. The van der Waals surface area contributed by atoms with Crippen LogP contribution in [0.2, 0.25) is 0 Å². The summed E-state index contributed by atoms with van der Waals surface area (Å²) in [7, 11) is 0. The normalized spacial score (nSPS) is 11.4. The fourth-order valence-corrected chi connectivity index (χ4v) is 2.30. The summed E-state index contributed by atoms with van der Waals surface area (Å²) in [5, 5.41) is 5.26. The number of ketones is 1. The van der Waals surface area contributed by atoms with Crippen LogP contribution in [0.3, 0.4) is 0 Å². The van der Waals surface area contributed by atoms with Crippen molar-refractivity contribution in [1.29, 1.82) is 0 Å². The zero-order chi connectivity index (χ0) is 21.4. The SMILES string of the molecule is CC(C)C(=O)Nc1ccc(C(=O)COC(=O)[C@H](C)NC(=O)c2ccccc2)cc1. The van der Waals surface area contributed by atoms with Crippen molar-refractivity contribution in [2.45, 2.75) is 26.8 Å². The third-order valence-electron chi connectivity index (χ3n) is 4.08. The number of carbonyl (C=O) groups is 4. The van der Waals surface area contributed by atoms with E-state index in [4.69, 9.17) is 4.74 Å². The maximum absolute atomic E-state index is 12.2. The van der Waals surface area contributed by atoms with E-state index in [1.54, 1.807) is 68.4 Å². The number of hydrogen-bond donors (Lipinski definition) is 2. The molecular weight excluding hydrogens is 372 g/mol. The smallest absolute Gasteiger partial charge is 0.328 e. The molecule has 0 fully saturated rings. The lowest BCUT2D eigenvalue weighted by atomic mass is 10.1. The van der Waals surface area contributed by atoms with E-state index >= 15 is 0 Å². The van der Waals surface area contributed by atoms with Crippen molar-refractivity contribution in [3.8, 4) is 0 Å². The Morgan fingerprint density at radius 3 is 2.07 bits per heavy atom. The molecule has 29 heavy (non-hydrogen) atoms. The fourth-order valence-electron chi connectivity index (χ4n) is 2.30. The van der Waals surface area contributed by atoms with Gasteiger partial charge >= 0.3 is 5.97 Å². The van der Waals surface area contributed by atoms with E-state index in [1.807, 2.05) is 0 Å². The molecule has 2 aromatic rings. The number of ether oxygens (including phenoxy) is 1. The second-order valence-corrected chi connectivity index (χ2v) is 6.81. The third-order valence-corrected chi connectivity index (χ3v) is 4.08. The topological polar surface area (TPSA) is 102 Å². The molecule has 0 aliphatic rings. The van der Waals surface area contributed by atoms with Crippen molar-refractivity contribution in [2.75, 3.05) is 11.9 Å². The quantitative estimate of drug-likeness (QED) is 0.528. The van der Waals surface area contributed by atoms with Gasteiger partial charge in [-0.2, -0.15) is 0 Å². The molecule has 0 aliphatic heterocycles. The molecule has 0 unspecified atom stereocenters. The van der Waals surface area contributed by atoms with Crippen LogP contribution in [-0.2, 0) is 14.3 Å². The number of esters is 1. The Kier molecular flexibility index (Phi) is 7.65. The summed E-state index contributed by atoms with van der Waals surface area (Å²) >= 11 is 0. The van der Waals surface area contributed by atoms with Crippen molar-refractivity contribution >= 4 is 29.3 Å². The molecular formula is C22H24N2O5. The van der Waals surface area contributed by atoms with Crippen LogP contribution < -0.4 is 10.6 Å². The van der Waals surface area contributed by atoms with E-state index in [0.29, 0.717) is 16.8 Å². The zero-order valence-corrected chi connectivity index (χ0v) is 16.6. The number of hydrogen-bond acceptors (Lipinski definition) is 5. The molecule has 0 aromatic heterocycles. The number of Topliss-reactive ketones (excluding diaryl/α,β-unsaturated/α-hetero) is 1. The predicted molar refractivity (Wildman–Crippen MR) is 109 cm³/mol. The Balaban J connectivity index is 1.84. The van der Waals surface area contributed by atoms with Crippen molar-refractivity contribution in [3.63, 3.8) is 0 Å². The average Bonchev–Trinajstić information content (AvgIpc) is 2.72. The molecule has 152 valence electrons. The van der Waals surface area contributed by atoms with E-state index in [-0.39, 0.29) is 17.6 Å². The van der Waals surface area contributed by atoms with Crippen LogP contribution in [0.1, 0.15) is 41.5 Å². The summed E-state index contributed by atoms with van der Waals surface area (Å²) in [4.78, 5) is 48.0. The van der Waals surface area contributed by atoms with Crippen LogP contribution in [0.25, 0.3) is 0 Å². The lowest BCUT2D eigenvalue weighted by Gasteiger charge is -2.13. The molecule has 0 radical (unpaired) electrons. The van der Waals surface area contributed by atoms with Crippen LogP contribution in [0.15, 0.2) is 54.6 Å². The van der Waals surface area contributed by atoms with Crippen LogP contribution in [-0.4, -0.2) is 36.2 Å². The second kappa shape index (κ2) is 10.2. The summed E-state index contributed by atoms with van der Waals surface area (Å²) < 4.78 is 5.01. The van der Waals surface area contributed by atoms with Gasteiger partial charge in [-0.15, -0.1) is 0 Å². The Bertz CT molecular complexity index is 876. The van der Waals surface area contributed by atoms with Gasteiger partial charge in [0.15, 0.2) is 12.4 Å². The molecule has 7 heteroatoms. The maximum atomic E-state index is 12.2. The van der Waals surface area contributed by atoms with Crippen LogP contribution in [0.5, 0.6) is 0 Å². The fraction of sp³-hybridized carbons (Fsp3) is 0.273. The van der Waals surface area contributed by atoms with Gasteiger partial charge in [0, 0.05) is 22.7 Å². The Morgan fingerprint density at radius 2 is 1.48 bits per heavy atom. The monoisotopic (exact) mass is 396 g/mol. The first-order valence-corrected chi connectivity index (χ1v) is 9.24. The molecule has 1 atom stereocenters. The van der Waals surface area contributed by atoms with Crippen LogP contribution in [0.4, 0.5) is 5.69 Å². The molecule has 0 aliphatic carbocycles. The van der Waals surface area contributed by atoms with E-state index in [2.05, 4.69) is 10.6 Å². The number of nitrogens with one attached hydrogen (secondary N) is 2. The number of benzene rings is 2. The summed E-state index contributed by atoms with van der Waals surface area (Å²) in [6.45, 7) is 4.61.